The van der Waals surface area contributed by atoms with Crippen LogP contribution in [0.25, 0.3) is 16.8 Å². The number of amides is 1. The standard InChI is InChI=1S/C24H17Cl2N3O2/c1-15-22(30)21(19-12-5-6-13-20(19)26)23(27-24(31)16-8-3-2-4-9-16)29(28-15)18-11-7-10-17(25)14-18/h2-14H,1H3,(H,27,31). The molecule has 0 aliphatic rings. The second-order valence-corrected chi connectivity index (χ2v) is 7.67. The second kappa shape index (κ2) is 8.76. The van der Waals surface area contributed by atoms with Gasteiger partial charge < -0.3 is 5.32 Å². The number of anilines is 1. The van der Waals surface area contributed by atoms with E-state index in [-0.39, 0.29) is 28.4 Å². The molecule has 31 heavy (non-hydrogen) atoms. The van der Waals surface area contributed by atoms with Crippen molar-refractivity contribution in [3.63, 3.8) is 0 Å². The average Bonchev–Trinajstić information content (AvgIpc) is 2.78. The Labute approximate surface area is 188 Å². The number of aryl methyl sites for hydroxylation is 1. The van der Waals surface area contributed by atoms with Crippen molar-refractivity contribution >= 4 is 34.9 Å². The first-order chi connectivity index (χ1) is 15.0. The minimum Gasteiger partial charge on any atom is -0.306 e. The van der Waals surface area contributed by atoms with Crippen LogP contribution in [0.15, 0.2) is 83.7 Å². The van der Waals surface area contributed by atoms with Crippen molar-refractivity contribution in [3.8, 4) is 16.8 Å². The van der Waals surface area contributed by atoms with Crippen LogP contribution < -0.4 is 10.7 Å². The number of hydrogen-bond acceptors (Lipinski definition) is 3. The molecule has 0 unspecified atom stereocenters. The largest absolute Gasteiger partial charge is 0.306 e. The summed E-state index contributed by atoms with van der Waals surface area (Å²) in [5.74, 6) is -0.172. The zero-order chi connectivity index (χ0) is 22.0. The van der Waals surface area contributed by atoms with Crippen molar-refractivity contribution in [3.05, 3.63) is 110 Å². The Bertz CT molecular complexity index is 1330. The molecular weight excluding hydrogens is 433 g/mol. The quantitative estimate of drug-likeness (QED) is 0.430. The van der Waals surface area contributed by atoms with Crippen LogP contribution in [-0.2, 0) is 0 Å². The van der Waals surface area contributed by atoms with Crippen LogP contribution in [0.5, 0.6) is 0 Å². The Balaban J connectivity index is 2.01. The third-order valence-electron chi connectivity index (χ3n) is 4.72. The van der Waals surface area contributed by atoms with E-state index in [1.54, 1.807) is 79.7 Å². The maximum absolute atomic E-state index is 13.2. The first-order valence-electron chi connectivity index (χ1n) is 9.47. The van der Waals surface area contributed by atoms with Crippen LogP contribution in [-0.4, -0.2) is 15.7 Å². The summed E-state index contributed by atoms with van der Waals surface area (Å²) in [6, 6.07) is 22.7. The molecule has 154 valence electrons. The van der Waals surface area contributed by atoms with Crippen LogP contribution in [0.4, 0.5) is 5.82 Å². The molecule has 1 amide bonds. The van der Waals surface area contributed by atoms with Crippen molar-refractivity contribution in [1.29, 1.82) is 0 Å². The zero-order valence-electron chi connectivity index (χ0n) is 16.5. The van der Waals surface area contributed by atoms with Crippen molar-refractivity contribution in [1.82, 2.24) is 9.78 Å². The molecule has 1 N–H and O–H groups in total. The normalized spacial score (nSPS) is 10.7. The fourth-order valence-corrected chi connectivity index (χ4v) is 3.65. The first kappa shape index (κ1) is 20.8. The molecule has 0 radical (unpaired) electrons. The molecule has 0 bridgehead atoms. The molecule has 0 aliphatic carbocycles. The van der Waals surface area contributed by atoms with Crippen molar-refractivity contribution in [2.24, 2.45) is 0 Å². The molecule has 1 heterocycles. The smallest absolute Gasteiger partial charge is 0.256 e. The lowest BCUT2D eigenvalue weighted by atomic mass is 10.0. The lowest BCUT2D eigenvalue weighted by molar-refractivity contribution is 0.102. The third kappa shape index (κ3) is 4.24. The van der Waals surface area contributed by atoms with Crippen molar-refractivity contribution in [2.45, 2.75) is 6.92 Å². The summed E-state index contributed by atoms with van der Waals surface area (Å²) in [5.41, 5.74) is 1.72. The predicted octanol–water partition coefficient (Wildman–Crippen LogP) is 5.77. The van der Waals surface area contributed by atoms with E-state index in [1.807, 2.05) is 6.07 Å². The average molecular weight is 450 g/mol. The van der Waals surface area contributed by atoms with Crippen LogP contribution in [0.3, 0.4) is 0 Å². The number of rotatable bonds is 4. The van der Waals surface area contributed by atoms with Gasteiger partial charge in [0.1, 0.15) is 11.5 Å². The number of carbonyl (C=O) groups is 1. The molecule has 4 aromatic rings. The molecule has 0 atom stereocenters. The highest BCUT2D eigenvalue weighted by atomic mass is 35.5. The van der Waals surface area contributed by atoms with E-state index < -0.39 is 0 Å². The number of hydrogen-bond donors (Lipinski definition) is 1. The molecule has 0 aliphatic heterocycles. The van der Waals surface area contributed by atoms with E-state index in [9.17, 15) is 9.59 Å². The van der Waals surface area contributed by atoms with E-state index >= 15 is 0 Å². The number of nitrogens with zero attached hydrogens (tertiary/aromatic N) is 2. The molecule has 3 aromatic carbocycles. The summed E-state index contributed by atoms with van der Waals surface area (Å²) in [4.78, 5) is 26.2. The van der Waals surface area contributed by atoms with Crippen LogP contribution in [0.1, 0.15) is 16.1 Å². The molecule has 0 fully saturated rings. The molecule has 4 rings (SSSR count). The maximum Gasteiger partial charge on any atom is 0.256 e. The van der Waals surface area contributed by atoms with Crippen LogP contribution >= 0.6 is 23.2 Å². The Morgan fingerprint density at radius 3 is 2.35 bits per heavy atom. The summed E-state index contributed by atoms with van der Waals surface area (Å²) in [7, 11) is 0. The topological polar surface area (TPSA) is 64.0 Å². The highest BCUT2D eigenvalue weighted by Crippen LogP contribution is 2.32. The van der Waals surface area contributed by atoms with Gasteiger partial charge in [-0.3, -0.25) is 9.59 Å². The molecular formula is C24H17Cl2N3O2. The zero-order valence-corrected chi connectivity index (χ0v) is 18.0. The number of benzene rings is 3. The fourth-order valence-electron chi connectivity index (χ4n) is 3.23. The molecule has 1 aromatic heterocycles. The molecule has 0 saturated carbocycles. The summed E-state index contributed by atoms with van der Waals surface area (Å²) in [5, 5.41) is 8.18. The number of carbonyl (C=O) groups excluding carboxylic acids is 1. The van der Waals surface area contributed by atoms with Gasteiger partial charge in [0, 0.05) is 21.2 Å². The Morgan fingerprint density at radius 1 is 0.935 bits per heavy atom. The van der Waals surface area contributed by atoms with Gasteiger partial charge in [-0.1, -0.05) is 65.7 Å². The van der Waals surface area contributed by atoms with Gasteiger partial charge in [-0.05, 0) is 43.3 Å². The Hall–Kier alpha value is -3.41. The van der Waals surface area contributed by atoms with Gasteiger partial charge >= 0.3 is 0 Å². The molecule has 7 heteroatoms. The summed E-state index contributed by atoms with van der Waals surface area (Å²) < 4.78 is 1.50. The van der Waals surface area contributed by atoms with E-state index in [2.05, 4.69) is 10.4 Å². The summed E-state index contributed by atoms with van der Waals surface area (Å²) in [6.45, 7) is 1.62. The number of halogens is 2. The Morgan fingerprint density at radius 2 is 1.65 bits per heavy atom. The number of aromatic nitrogens is 2. The highest BCUT2D eigenvalue weighted by Gasteiger charge is 2.22. The lowest BCUT2D eigenvalue weighted by Crippen LogP contribution is -2.25. The van der Waals surface area contributed by atoms with Gasteiger partial charge in [0.05, 0.1) is 11.3 Å². The van der Waals surface area contributed by atoms with Gasteiger partial charge in [0.15, 0.2) is 0 Å². The van der Waals surface area contributed by atoms with Gasteiger partial charge in [-0.2, -0.15) is 5.10 Å². The fraction of sp³-hybridized carbons (Fsp3) is 0.0417. The summed E-state index contributed by atoms with van der Waals surface area (Å²) in [6.07, 6.45) is 0. The molecule has 5 nitrogen and oxygen atoms in total. The Kier molecular flexibility index (Phi) is 5.89. The number of nitrogens with one attached hydrogen (secondary N) is 1. The van der Waals surface area contributed by atoms with E-state index in [4.69, 9.17) is 23.2 Å². The van der Waals surface area contributed by atoms with Gasteiger partial charge in [0.2, 0.25) is 5.43 Å². The third-order valence-corrected chi connectivity index (χ3v) is 5.28. The van der Waals surface area contributed by atoms with E-state index in [1.165, 1.54) is 4.68 Å². The van der Waals surface area contributed by atoms with Crippen molar-refractivity contribution < 1.29 is 4.79 Å². The van der Waals surface area contributed by atoms with Crippen LogP contribution in [0, 0.1) is 6.92 Å². The minimum atomic E-state index is -0.380. The predicted molar refractivity (Wildman–Crippen MR) is 124 cm³/mol. The lowest BCUT2D eigenvalue weighted by Gasteiger charge is -2.19. The second-order valence-electron chi connectivity index (χ2n) is 6.83. The van der Waals surface area contributed by atoms with E-state index in [0.717, 1.165) is 0 Å². The van der Waals surface area contributed by atoms with Gasteiger partial charge in [0.25, 0.3) is 5.91 Å². The van der Waals surface area contributed by atoms with Gasteiger partial charge in [-0.15, -0.1) is 0 Å². The summed E-state index contributed by atoms with van der Waals surface area (Å²) >= 11 is 12.6. The molecule has 0 spiro atoms. The highest BCUT2D eigenvalue weighted by molar-refractivity contribution is 6.33. The maximum atomic E-state index is 13.2. The SMILES string of the molecule is Cc1nn(-c2cccc(Cl)c2)c(NC(=O)c2ccccc2)c(-c2ccccc2Cl)c1=O. The van der Waals surface area contributed by atoms with Gasteiger partial charge in [-0.25, -0.2) is 4.68 Å². The minimum absolute atomic E-state index is 0.208. The van der Waals surface area contributed by atoms with E-state index in [0.29, 0.717) is 26.9 Å². The monoisotopic (exact) mass is 449 g/mol. The molecule has 0 saturated heterocycles. The van der Waals surface area contributed by atoms with Crippen LogP contribution in [0.2, 0.25) is 10.0 Å². The first-order valence-corrected chi connectivity index (χ1v) is 10.2. The van der Waals surface area contributed by atoms with Crippen molar-refractivity contribution in [2.75, 3.05) is 5.32 Å².